The van der Waals surface area contributed by atoms with Gasteiger partial charge in [0, 0.05) is 17.3 Å². The number of carbonyl (C=O) groups excluding carboxylic acids is 2. The molecule has 0 bridgehead atoms. The zero-order valence-corrected chi connectivity index (χ0v) is 17.0. The van der Waals surface area contributed by atoms with E-state index in [1.165, 1.54) is 24.2 Å². The van der Waals surface area contributed by atoms with E-state index < -0.39 is 0 Å². The zero-order chi connectivity index (χ0) is 19.4. The summed E-state index contributed by atoms with van der Waals surface area (Å²) in [7, 11) is 0. The van der Waals surface area contributed by atoms with E-state index in [4.69, 9.17) is 0 Å². The van der Waals surface area contributed by atoms with E-state index in [1.54, 1.807) is 6.92 Å². The van der Waals surface area contributed by atoms with Gasteiger partial charge in [-0.05, 0) is 56.9 Å². The van der Waals surface area contributed by atoms with E-state index in [9.17, 15) is 9.59 Å². The number of rotatable bonds is 5. The Morgan fingerprint density at radius 2 is 1.74 bits per heavy atom. The van der Waals surface area contributed by atoms with Crippen molar-refractivity contribution in [3.05, 3.63) is 29.8 Å². The third-order valence-electron chi connectivity index (χ3n) is 6.49. The largest absolute Gasteiger partial charge is 0.360 e. The highest BCUT2D eigenvalue weighted by molar-refractivity contribution is 5.94. The summed E-state index contributed by atoms with van der Waals surface area (Å²) in [6.07, 6.45) is 4.88. The minimum absolute atomic E-state index is 0.00126. The molecule has 1 aromatic carbocycles. The van der Waals surface area contributed by atoms with Crippen molar-refractivity contribution in [2.45, 2.75) is 58.5 Å². The Labute approximate surface area is 163 Å². The van der Waals surface area contributed by atoms with Crippen LogP contribution in [-0.4, -0.2) is 50.0 Å². The third kappa shape index (κ3) is 4.89. The average Bonchev–Trinajstić information content (AvgIpc) is 2.69. The summed E-state index contributed by atoms with van der Waals surface area (Å²) < 4.78 is 0. The van der Waals surface area contributed by atoms with Crippen LogP contribution >= 0.6 is 0 Å². The molecule has 2 fully saturated rings. The summed E-state index contributed by atoms with van der Waals surface area (Å²) in [4.78, 5) is 27.9. The number of nitrogens with one attached hydrogen (secondary N) is 2. The Morgan fingerprint density at radius 3 is 2.33 bits per heavy atom. The van der Waals surface area contributed by atoms with Gasteiger partial charge in [0.25, 0.3) is 5.91 Å². The molecule has 0 radical (unpaired) electrons. The van der Waals surface area contributed by atoms with Crippen LogP contribution in [0, 0.1) is 5.92 Å². The molecule has 1 aromatic rings. The highest BCUT2D eigenvalue weighted by atomic mass is 16.2. The Kier molecular flexibility index (Phi) is 6.53. The molecular weight excluding hydrogens is 338 g/mol. The van der Waals surface area contributed by atoms with Gasteiger partial charge in [0.2, 0.25) is 0 Å². The Bertz CT molecular complexity index is 650. The quantitative estimate of drug-likeness (QED) is 0.773. The number of ketones is 1. The molecular formula is C22H34N3O2+. The van der Waals surface area contributed by atoms with Crippen molar-refractivity contribution >= 4 is 17.4 Å². The van der Waals surface area contributed by atoms with Crippen LogP contribution in [0.1, 0.15) is 56.8 Å². The van der Waals surface area contributed by atoms with Crippen LogP contribution in [0.3, 0.4) is 0 Å². The summed E-state index contributed by atoms with van der Waals surface area (Å²) in [6.45, 7) is 9.72. The van der Waals surface area contributed by atoms with Gasteiger partial charge in [0.05, 0.1) is 26.2 Å². The van der Waals surface area contributed by atoms with Gasteiger partial charge in [0.15, 0.2) is 11.8 Å². The van der Waals surface area contributed by atoms with Gasteiger partial charge in [0.1, 0.15) is 0 Å². The van der Waals surface area contributed by atoms with Gasteiger partial charge in [-0.1, -0.05) is 19.8 Å². The fourth-order valence-corrected chi connectivity index (χ4v) is 4.42. The normalized spacial score (nSPS) is 25.1. The minimum atomic E-state index is 0.00126. The number of nitrogens with zero attached hydrogens (tertiary/aromatic N) is 1. The van der Waals surface area contributed by atoms with E-state index in [0.717, 1.165) is 43.9 Å². The lowest BCUT2D eigenvalue weighted by Crippen LogP contribution is -3.19. The fraction of sp³-hybridized carbons (Fsp3) is 0.636. The average molecular weight is 373 g/mol. The van der Waals surface area contributed by atoms with Gasteiger partial charge in [-0.2, -0.15) is 0 Å². The number of Topliss-reactive ketones (excluding diaryl/α,β-unsaturated/α-hetero) is 1. The first-order valence-corrected chi connectivity index (χ1v) is 10.5. The Hall–Kier alpha value is -1.88. The molecule has 1 heterocycles. The molecule has 2 aliphatic rings. The first kappa shape index (κ1) is 19.9. The molecule has 3 atom stereocenters. The molecule has 1 amide bonds. The zero-order valence-electron chi connectivity index (χ0n) is 17.0. The number of anilines is 1. The molecule has 0 unspecified atom stereocenters. The molecule has 27 heavy (non-hydrogen) atoms. The topological polar surface area (TPSA) is 53.9 Å². The van der Waals surface area contributed by atoms with Crippen molar-refractivity contribution in [1.29, 1.82) is 0 Å². The second kappa shape index (κ2) is 8.87. The van der Waals surface area contributed by atoms with Crippen LogP contribution in [0.2, 0.25) is 0 Å². The van der Waals surface area contributed by atoms with Crippen molar-refractivity contribution in [1.82, 2.24) is 5.32 Å². The summed E-state index contributed by atoms with van der Waals surface area (Å²) in [5.74, 6) is 0.908. The van der Waals surface area contributed by atoms with E-state index in [0.29, 0.717) is 12.0 Å². The lowest BCUT2D eigenvalue weighted by Gasteiger charge is -2.37. The molecule has 3 rings (SSSR count). The molecule has 5 heteroatoms. The van der Waals surface area contributed by atoms with Gasteiger partial charge in [-0.25, -0.2) is 0 Å². The maximum atomic E-state index is 12.7. The van der Waals surface area contributed by atoms with Crippen molar-refractivity contribution in [2.24, 2.45) is 5.92 Å². The summed E-state index contributed by atoms with van der Waals surface area (Å²) in [5.41, 5.74) is 1.91. The predicted molar refractivity (Wildman–Crippen MR) is 108 cm³/mol. The number of hydrogen-bond acceptors (Lipinski definition) is 3. The lowest BCUT2D eigenvalue weighted by molar-refractivity contribution is -0.914. The lowest BCUT2D eigenvalue weighted by atomic mass is 9.86. The van der Waals surface area contributed by atoms with Gasteiger partial charge < -0.3 is 15.1 Å². The van der Waals surface area contributed by atoms with E-state index >= 15 is 0 Å². The van der Waals surface area contributed by atoms with Crippen LogP contribution in [0.25, 0.3) is 0 Å². The molecule has 2 N–H and O–H groups in total. The van der Waals surface area contributed by atoms with Crippen LogP contribution < -0.4 is 15.1 Å². The highest BCUT2D eigenvalue weighted by Crippen LogP contribution is 2.23. The number of piperazine rings is 1. The van der Waals surface area contributed by atoms with Crippen LogP contribution in [-0.2, 0) is 4.79 Å². The fourth-order valence-electron chi connectivity index (χ4n) is 4.42. The second-order valence-electron chi connectivity index (χ2n) is 8.35. The predicted octanol–water partition coefficient (Wildman–Crippen LogP) is 1.68. The Balaban J connectivity index is 1.50. The van der Waals surface area contributed by atoms with E-state index in [2.05, 4.69) is 24.1 Å². The molecule has 148 valence electrons. The standard InChI is InChI=1S/C22H33N3O2/c1-16-6-4-5-7-21(16)23-22(27)17(2)24-12-14-25(15-13-24)20-10-8-19(9-11-20)18(3)26/h8-11,16-17,21H,4-7,12-15H2,1-3H3,(H,23,27)/p+1/t16-,17+,21-/m0/s1. The van der Waals surface area contributed by atoms with Gasteiger partial charge in [-0.3, -0.25) is 9.59 Å². The first-order chi connectivity index (χ1) is 13.0. The van der Waals surface area contributed by atoms with Crippen LogP contribution in [0.5, 0.6) is 0 Å². The van der Waals surface area contributed by atoms with Crippen LogP contribution in [0.4, 0.5) is 5.69 Å². The maximum absolute atomic E-state index is 12.7. The van der Waals surface area contributed by atoms with Crippen molar-refractivity contribution < 1.29 is 14.5 Å². The van der Waals surface area contributed by atoms with E-state index in [1.807, 2.05) is 24.3 Å². The van der Waals surface area contributed by atoms with Crippen molar-refractivity contribution in [3.63, 3.8) is 0 Å². The third-order valence-corrected chi connectivity index (χ3v) is 6.49. The monoisotopic (exact) mass is 372 g/mol. The molecule has 1 aliphatic carbocycles. The highest BCUT2D eigenvalue weighted by Gasteiger charge is 2.32. The second-order valence-corrected chi connectivity index (χ2v) is 8.35. The molecule has 0 spiro atoms. The number of benzene rings is 1. The molecule has 1 aliphatic heterocycles. The van der Waals surface area contributed by atoms with Crippen LogP contribution in [0.15, 0.2) is 24.3 Å². The van der Waals surface area contributed by atoms with Gasteiger partial charge in [-0.15, -0.1) is 0 Å². The number of quaternary nitrogens is 1. The summed E-state index contributed by atoms with van der Waals surface area (Å²) in [5, 5.41) is 3.32. The molecule has 5 nitrogen and oxygen atoms in total. The van der Waals surface area contributed by atoms with Crippen molar-refractivity contribution in [3.8, 4) is 0 Å². The smallest absolute Gasteiger partial charge is 0.278 e. The number of carbonyl (C=O) groups is 2. The molecule has 1 saturated heterocycles. The summed E-state index contributed by atoms with van der Waals surface area (Å²) >= 11 is 0. The first-order valence-electron chi connectivity index (χ1n) is 10.5. The van der Waals surface area contributed by atoms with Gasteiger partial charge >= 0.3 is 0 Å². The number of amides is 1. The Morgan fingerprint density at radius 1 is 1.11 bits per heavy atom. The van der Waals surface area contributed by atoms with Crippen molar-refractivity contribution in [2.75, 3.05) is 31.1 Å². The minimum Gasteiger partial charge on any atom is -0.360 e. The SMILES string of the molecule is CC(=O)c1ccc(N2CC[NH+]([C@H](C)C(=O)N[C@H]3CCCC[C@@H]3C)CC2)cc1. The summed E-state index contributed by atoms with van der Waals surface area (Å²) in [6, 6.07) is 8.22. The molecule has 0 aromatic heterocycles. The maximum Gasteiger partial charge on any atom is 0.278 e. The molecule has 1 saturated carbocycles. The van der Waals surface area contributed by atoms with E-state index in [-0.39, 0.29) is 17.7 Å². The number of hydrogen-bond donors (Lipinski definition) is 2.